The Morgan fingerprint density at radius 1 is 1.13 bits per heavy atom. The number of hydrogen-bond donors (Lipinski definition) is 6. The van der Waals surface area contributed by atoms with Crippen molar-refractivity contribution in [3.8, 4) is 0 Å². The van der Waals surface area contributed by atoms with Crippen molar-refractivity contribution < 1.29 is 56.0 Å². The standard InChI is InChI=1S/C10H17N6O12P3/c11-9-8-10(14-3-13-9)16(4-15-8)7-1-5(26-12)6(25-7)2-24-30(20,21)28-31(22,23)27-29(17,18)19/h3-7H,1-2,12H2,(H,20,21)(H,22,23)(H2,11,13,14)(H2,17,18,19)/t5-,6?,7-/m1/s1. The van der Waals surface area contributed by atoms with E-state index in [1.807, 2.05) is 0 Å². The van der Waals surface area contributed by atoms with Crippen LogP contribution in [0.4, 0.5) is 5.82 Å². The molecule has 1 aliphatic heterocycles. The van der Waals surface area contributed by atoms with E-state index in [1.54, 1.807) is 0 Å². The average molecular weight is 506 g/mol. The van der Waals surface area contributed by atoms with Gasteiger partial charge in [-0.25, -0.2) is 34.5 Å². The number of imidazole rings is 1. The van der Waals surface area contributed by atoms with Gasteiger partial charge in [-0.1, -0.05) is 0 Å². The lowest BCUT2D eigenvalue weighted by atomic mass is 10.2. The number of ether oxygens (including phenoxy) is 1. The molecule has 5 atom stereocenters. The summed E-state index contributed by atoms with van der Waals surface area (Å²) in [6, 6.07) is 0. The second-order valence-electron chi connectivity index (χ2n) is 6.01. The van der Waals surface area contributed by atoms with Crippen LogP contribution in [0.5, 0.6) is 0 Å². The van der Waals surface area contributed by atoms with Gasteiger partial charge in [-0.2, -0.15) is 8.62 Å². The summed E-state index contributed by atoms with van der Waals surface area (Å²) in [4.78, 5) is 52.5. The summed E-state index contributed by atoms with van der Waals surface area (Å²) < 4.78 is 52.9. The highest BCUT2D eigenvalue weighted by molar-refractivity contribution is 7.66. The van der Waals surface area contributed by atoms with Crippen molar-refractivity contribution in [2.24, 2.45) is 5.90 Å². The minimum absolute atomic E-state index is 0.121. The fraction of sp³-hybridized carbons (Fsp3) is 0.500. The summed E-state index contributed by atoms with van der Waals surface area (Å²) in [5.41, 5.74) is 6.37. The molecule has 0 radical (unpaired) electrons. The lowest BCUT2D eigenvalue weighted by Crippen LogP contribution is -2.31. The Hall–Kier alpha value is -1.36. The van der Waals surface area contributed by atoms with Gasteiger partial charge in [0.1, 0.15) is 30.3 Å². The van der Waals surface area contributed by atoms with Crippen molar-refractivity contribution in [2.75, 3.05) is 12.3 Å². The minimum atomic E-state index is -5.64. The highest BCUT2D eigenvalue weighted by atomic mass is 31.3. The van der Waals surface area contributed by atoms with E-state index in [2.05, 4.69) is 28.1 Å². The predicted molar refractivity (Wildman–Crippen MR) is 97.1 cm³/mol. The van der Waals surface area contributed by atoms with E-state index in [0.29, 0.717) is 11.2 Å². The summed E-state index contributed by atoms with van der Waals surface area (Å²) in [6.07, 6.45) is 0.0107. The van der Waals surface area contributed by atoms with Crippen LogP contribution in [0.15, 0.2) is 12.7 Å². The molecule has 1 fully saturated rings. The molecule has 0 amide bonds. The van der Waals surface area contributed by atoms with Crippen molar-refractivity contribution in [3.63, 3.8) is 0 Å². The molecule has 174 valence electrons. The third-order valence-corrected chi connectivity index (χ3v) is 7.67. The van der Waals surface area contributed by atoms with Crippen LogP contribution in [0.25, 0.3) is 11.2 Å². The van der Waals surface area contributed by atoms with E-state index in [4.69, 9.17) is 35.9 Å². The first-order chi connectivity index (χ1) is 14.3. The minimum Gasteiger partial charge on any atom is -0.382 e. The number of rotatable bonds is 9. The topological polar surface area (TPSA) is 274 Å². The number of nitrogens with zero attached hydrogens (tertiary/aromatic N) is 4. The molecule has 8 N–H and O–H groups in total. The molecule has 3 rings (SSSR count). The van der Waals surface area contributed by atoms with Gasteiger partial charge in [-0.3, -0.25) is 13.9 Å². The Morgan fingerprint density at radius 3 is 2.48 bits per heavy atom. The number of phosphoric ester groups is 1. The molecular weight excluding hydrogens is 489 g/mol. The van der Waals surface area contributed by atoms with Crippen molar-refractivity contribution in [2.45, 2.75) is 24.9 Å². The number of anilines is 1. The Labute approximate surface area is 172 Å². The van der Waals surface area contributed by atoms with E-state index in [0.717, 1.165) is 0 Å². The number of aromatic nitrogens is 4. The Balaban J connectivity index is 1.67. The van der Waals surface area contributed by atoms with Crippen molar-refractivity contribution in [1.29, 1.82) is 0 Å². The summed E-state index contributed by atoms with van der Waals surface area (Å²) in [6.45, 7) is -0.730. The first kappa shape index (κ1) is 24.3. The molecule has 3 heterocycles. The third kappa shape index (κ3) is 6.12. The van der Waals surface area contributed by atoms with Gasteiger partial charge in [0.2, 0.25) is 0 Å². The molecule has 2 aromatic heterocycles. The van der Waals surface area contributed by atoms with Gasteiger partial charge in [0.05, 0.1) is 12.9 Å². The fourth-order valence-corrected chi connectivity index (χ4v) is 5.75. The Morgan fingerprint density at radius 2 is 1.84 bits per heavy atom. The molecule has 1 aliphatic rings. The van der Waals surface area contributed by atoms with Gasteiger partial charge >= 0.3 is 23.5 Å². The lowest BCUT2D eigenvalue weighted by Gasteiger charge is -2.20. The highest BCUT2D eigenvalue weighted by Crippen LogP contribution is 2.66. The number of nitrogens with two attached hydrogens (primary N) is 2. The third-order valence-electron chi connectivity index (χ3n) is 3.87. The summed E-state index contributed by atoms with van der Waals surface area (Å²) in [7, 11) is -16.5. The van der Waals surface area contributed by atoms with Gasteiger partial charge < -0.3 is 30.0 Å². The molecule has 2 aromatic rings. The number of phosphoric acid groups is 3. The maximum atomic E-state index is 11.9. The van der Waals surface area contributed by atoms with Crippen LogP contribution in [0, 0.1) is 0 Å². The summed E-state index contributed by atoms with van der Waals surface area (Å²) in [5.74, 6) is 5.36. The number of fused-ring (bicyclic) bond motifs is 1. The van der Waals surface area contributed by atoms with E-state index >= 15 is 0 Å². The molecule has 1 saturated heterocycles. The smallest absolute Gasteiger partial charge is 0.382 e. The second-order valence-corrected chi connectivity index (χ2v) is 10.4. The van der Waals surface area contributed by atoms with Crippen molar-refractivity contribution in [1.82, 2.24) is 19.5 Å². The van der Waals surface area contributed by atoms with Crippen LogP contribution in [-0.2, 0) is 36.4 Å². The zero-order valence-corrected chi connectivity index (χ0v) is 17.8. The monoisotopic (exact) mass is 506 g/mol. The summed E-state index contributed by atoms with van der Waals surface area (Å²) >= 11 is 0. The molecule has 31 heavy (non-hydrogen) atoms. The molecule has 0 saturated carbocycles. The van der Waals surface area contributed by atoms with Crippen molar-refractivity contribution in [3.05, 3.63) is 12.7 Å². The molecule has 18 nitrogen and oxygen atoms in total. The fourth-order valence-electron chi connectivity index (χ4n) is 2.72. The van der Waals surface area contributed by atoms with E-state index in [-0.39, 0.29) is 12.2 Å². The quantitative estimate of drug-likeness (QED) is 0.181. The normalized spacial score (nSPS) is 26.0. The van der Waals surface area contributed by atoms with Gasteiger partial charge in [0.25, 0.3) is 0 Å². The summed E-state index contributed by atoms with van der Waals surface area (Å²) in [5, 5.41) is 0. The van der Waals surface area contributed by atoms with Crippen LogP contribution >= 0.6 is 23.5 Å². The maximum absolute atomic E-state index is 11.9. The van der Waals surface area contributed by atoms with E-state index < -0.39 is 48.5 Å². The van der Waals surface area contributed by atoms with E-state index in [9.17, 15) is 18.6 Å². The van der Waals surface area contributed by atoms with Crippen LogP contribution in [0.2, 0.25) is 0 Å². The predicted octanol–water partition coefficient (Wildman–Crippen LogP) is -0.702. The van der Waals surface area contributed by atoms with Gasteiger partial charge in [0, 0.05) is 6.42 Å². The molecule has 0 aromatic carbocycles. The van der Waals surface area contributed by atoms with Gasteiger partial charge in [-0.05, 0) is 0 Å². The molecule has 21 heteroatoms. The van der Waals surface area contributed by atoms with Crippen molar-refractivity contribution >= 4 is 40.4 Å². The molecule has 0 aliphatic carbocycles. The Bertz CT molecular complexity index is 1090. The van der Waals surface area contributed by atoms with Crippen LogP contribution in [0.3, 0.4) is 0 Å². The van der Waals surface area contributed by atoms with Crippen LogP contribution in [0.1, 0.15) is 12.6 Å². The highest BCUT2D eigenvalue weighted by Gasteiger charge is 2.43. The molecular formula is C10H17N6O12P3. The number of hydrogen-bond acceptors (Lipinski definition) is 13. The molecule has 0 bridgehead atoms. The number of nitrogen functional groups attached to an aromatic ring is 1. The lowest BCUT2D eigenvalue weighted by molar-refractivity contribution is -0.0600. The van der Waals surface area contributed by atoms with Gasteiger partial charge in [-0.15, -0.1) is 0 Å². The van der Waals surface area contributed by atoms with E-state index in [1.165, 1.54) is 17.2 Å². The second kappa shape index (κ2) is 8.88. The first-order valence-corrected chi connectivity index (χ1v) is 12.5. The Kier molecular flexibility index (Phi) is 6.96. The van der Waals surface area contributed by atoms with Crippen LogP contribution < -0.4 is 11.6 Å². The maximum Gasteiger partial charge on any atom is 0.490 e. The molecule has 0 spiro atoms. The zero-order chi connectivity index (χ0) is 23.0. The average Bonchev–Trinajstić information content (AvgIpc) is 3.21. The zero-order valence-electron chi connectivity index (χ0n) is 15.1. The first-order valence-electron chi connectivity index (χ1n) is 8.02. The van der Waals surface area contributed by atoms with Crippen LogP contribution in [-0.4, -0.2) is 57.9 Å². The van der Waals surface area contributed by atoms with Gasteiger partial charge in [0.15, 0.2) is 11.5 Å². The SMILES string of the molecule is NO[C@@H]1C[C@H](n2cnc3c(N)ncnc32)OC1COP(=O)(O)OP(=O)(O)OP(=O)(O)O. The largest absolute Gasteiger partial charge is 0.490 e. The molecule has 3 unspecified atom stereocenters.